The summed E-state index contributed by atoms with van der Waals surface area (Å²) < 4.78 is 32.2. The van der Waals surface area contributed by atoms with Crippen molar-refractivity contribution in [2.45, 2.75) is 6.43 Å². The van der Waals surface area contributed by atoms with Crippen molar-refractivity contribution < 1.29 is 18.0 Å². The molecule has 3 aromatic heterocycles. The Morgan fingerprint density at radius 2 is 2.07 bits per heavy atom. The minimum Gasteiger partial charge on any atom is -0.463 e. The van der Waals surface area contributed by atoms with E-state index in [9.17, 15) is 13.6 Å². The van der Waals surface area contributed by atoms with Gasteiger partial charge in [0.15, 0.2) is 16.5 Å². The molecule has 28 heavy (non-hydrogen) atoms. The van der Waals surface area contributed by atoms with Crippen molar-refractivity contribution in [3.8, 4) is 17.1 Å². The number of halogens is 3. The maximum atomic E-state index is 12.6. The summed E-state index contributed by atoms with van der Waals surface area (Å²) in [6, 6.07) is 11.9. The molecular formula is C17H10ClF2N5O2S. The van der Waals surface area contributed by atoms with E-state index < -0.39 is 17.3 Å². The van der Waals surface area contributed by atoms with Crippen LogP contribution in [0.3, 0.4) is 0 Å². The molecule has 0 unspecified atom stereocenters. The minimum atomic E-state index is -2.75. The average molecular weight is 422 g/mol. The highest BCUT2D eigenvalue weighted by Gasteiger charge is 2.21. The van der Waals surface area contributed by atoms with Crippen molar-refractivity contribution in [2.24, 2.45) is 0 Å². The van der Waals surface area contributed by atoms with Crippen LogP contribution in [0.15, 0.2) is 53.1 Å². The quantitative estimate of drug-likeness (QED) is 0.499. The first kappa shape index (κ1) is 18.3. The minimum absolute atomic E-state index is 0.0418. The lowest BCUT2D eigenvalue weighted by atomic mass is 10.2. The topological polar surface area (TPSA) is 85.8 Å². The molecule has 142 valence electrons. The Balaban J connectivity index is 1.69. The molecule has 0 atom stereocenters. The number of amides is 1. The van der Waals surface area contributed by atoms with Gasteiger partial charge in [0.25, 0.3) is 12.3 Å². The lowest BCUT2D eigenvalue weighted by Gasteiger charge is -2.05. The molecule has 1 amide bonds. The number of nitrogens with one attached hydrogen (secondary N) is 1. The monoisotopic (exact) mass is 421 g/mol. The second-order valence-corrected chi connectivity index (χ2v) is 6.93. The second-order valence-electron chi connectivity index (χ2n) is 5.48. The number of rotatable bonds is 5. The van der Waals surface area contributed by atoms with Gasteiger partial charge in [0, 0.05) is 11.1 Å². The predicted molar refractivity (Wildman–Crippen MR) is 99.1 cm³/mol. The Morgan fingerprint density at radius 1 is 1.21 bits per heavy atom. The predicted octanol–water partition coefficient (Wildman–Crippen LogP) is 4.83. The lowest BCUT2D eigenvalue weighted by molar-refractivity contribution is 0.102. The number of carbonyl (C=O) groups excluding carboxylic acids is 1. The third kappa shape index (κ3) is 3.64. The molecule has 3 heterocycles. The van der Waals surface area contributed by atoms with Gasteiger partial charge >= 0.3 is 0 Å². The van der Waals surface area contributed by atoms with Crippen LogP contribution in [-0.4, -0.2) is 25.9 Å². The molecule has 0 aliphatic rings. The van der Waals surface area contributed by atoms with E-state index in [4.69, 9.17) is 16.0 Å². The molecule has 0 saturated heterocycles. The van der Waals surface area contributed by atoms with E-state index in [1.54, 1.807) is 36.4 Å². The Morgan fingerprint density at radius 3 is 2.75 bits per heavy atom. The van der Waals surface area contributed by atoms with Gasteiger partial charge in [-0.15, -0.1) is 10.2 Å². The summed E-state index contributed by atoms with van der Waals surface area (Å²) in [5.41, 5.74) is 1.18. The number of hydrogen-bond acceptors (Lipinski definition) is 6. The van der Waals surface area contributed by atoms with E-state index in [-0.39, 0.29) is 10.8 Å². The zero-order valence-corrected chi connectivity index (χ0v) is 15.4. The fraction of sp³-hybridized carbons (Fsp3) is 0.0588. The molecule has 0 radical (unpaired) electrons. The Kier molecular flexibility index (Phi) is 4.88. The van der Waals surface area contributed by atoms with Gasteiger partial charge in [0.05, 0.1) is 12.0 Å². The fourth-order valence-electron chi connectivity index (χ4n) is 2.43. The van der Waals surface area contributed by atoms with Gasteiger partial charge in [-0.25, -0.2) is 13.5 Å². The molecule has 0 saturated carbocycles. The number of nitrogens with zero attached hydrogens (tertiary/aromatic N) is 4. The molecule has 1 aromatic carbocycles. The summed E-state index contributed by atoms with van der Waals surface area (Å²) in [5.74, 6) is -0.132. The van der Waals surface area contributed by atoms with Crippen LogP contribution in [-0.2, 0) is 0 Å². The van der Waals surface area contributed by atoms with Crippen molar-refractivity contribution in [1.82, 2.24) is 20.0 Å². The molecule has 7 nitrogen and oxygen atoms in total. The summed E-state index contributed by atoms with van der Waals surface area (Å²) in [4.78, 5) is 12.5. The molecule has 0 spiro atoms. The molecule has 0 aliphatic carbocycles. The van der Waals surface area contributed by atoms with Crippen molar-refractivity contribution in [3.63, 3.8) is 0 Å². The average Bonchev–Trinajstić information content (AvgIpc) is 3.41. The molecule has 1 N–H and O–H groups in total. The first-order valence-electron chi connectivity index (χ1n) is 7.84. The Hall–Kier alpha value is -3.11. The summed E-state index contributed by atoms with van der Waals surface area (Å²) in [7, 11) is 0. The zero-order chi connectivity index (χ0) is 19.7. The van der Waals surface area contributed by atoms with Crippen LogP contribution in [0.5, 0.6) is 0 Å². The van der Waals surface area contributed by atoms with Gasteiger partial charge in [0.1, 0.15) is 5.69 Å². The molecule has 0 fully saturated rings. The van der Waals surface area contributed by atoms with E-state index in [1.807, 2.05) is 0 Å². The highest BCUT2D eigenvalue weighted by Crippen LogP contribution is 2.28. The largest absolute Gasteiger partial charge is 0.463 e. The van der Waals surface area contributed by atoms with Crippen LogP contribution >= 0.6 is 22.9 Å². The number of furan rings is 1. The first-order valence-corrected chi connectivity index (χ1v) is 9.03. The number of hydrogen-bond donors (Lipinski definition) is 1. The lowest BCUT2D eigenvalue weighted by Crippen LogP contribution is -2.13. The van der Waals surface area contributed by atoms with Crippen LogP contribution in [0, 0.1) is 0 Å². The van der Waals surface area contributed by atoms with Gasteiger partial charge < -0.3 is 4.42 Å². The van der Waals surface area contributed by atoms with E-state index in [2.05, 4.69) is 20.6 Å². The van der Waals surface area contributed by atoms with Gasteiger partial charge in [-0.3, -0.25) is 10.1 Å². The molecule has 11 heteroatoms. The van der Waals surface area contributed by atoms with Gasteiger partial charge in [-0.2, -0.15) is 5.10 Å². The standard InChI is InChI=1S/C17H10ClF2N5O2S/c18-9-3-1-4-10(7-9)25-12(13-5-2-6-27-13)8-11(24-25)15(26)21-17-23-22-16(28-17)14(19)20/h1-8,14H,(H,21,23,26). The number of alkyl halides is 2. The third-order valence-corrected chi connectivity index (χ3v) is 4.70. The fourth-order valence-corrected chi connectivity index (χ4v) is 3.21. The van der Waals surface area contributed by atoms with E-state index in [1.165, 1.54) is 17.0 Å². The zero-order valence-electron chi connectivity index (χ0n) is 13.8. The molecule has 0 aliphatic heterocycles. The van der Waals surface area contributed by atoms with Gasteiger partial charge in [-0.05, 0) is 30.3 Å². The summed E-state index contributed by atoms with van der Waals surface area (Å²) in [6.45, 7) is 0. The van der Waals surface area contributed by atoms with E-state index >= 15 is 0 Å². The van der Waals surface area contributed by atoms with Crippen LogP contribution in [0.25, 0.3) is 17.1 Å². The maximum Gasteiger partial charge on any atom is 0.291 e. The normalized spacial score (nSPS) is 11.1. The second kappa shape index (κ2) is 7.49. The Labute approximate surface area is 165 Å². The first-order chi connectivity index (χ1) is 13.5. The molecular weight excluding hydrogens is 412 g/mol. The summed E-state index contributed by atoms with van der Waals surface area (Å²) in [6.07, 6.45) is -1.26. The van der Waals surface area contributed by atoms with Crippen LogP contribution in [0.1, 0.15) is 21.9 Å². The highest BCUT2D eigenvalue weighted by atomic mass is 35.5. The number of carbonyl (C=O) groups is 1. The summed E-state index contributed by atoms with van der Waals surface area (Å²) in [5, 5.41) is 13.6. The smallest absolute Gasteiger partial charge is 0.291 e. The van der Waals surface area contributed by atoms with Crippen LogP contribution < -0.4 is 5.32 Å². The molecule has 4 aromatic rings. The van der Waals surface area contributed by atoms with Crippen molar-refractivity contribution in [2.75, 3.05) is 5.32 Å². The number of benzene rings is 1. The number of anilines is 1. The third-order valence-electron chi connectivity index (χ3n) is 3.62. The number of aromatic nitrogens is 4. The summed E-state index contributed by atoms with van der Waals surface area (Å²) >= 11 is 6.65. The SMILES string of the molecule is O=C(Nc1nnc(C(F)F)s1)c1cc(-c2ccco2)n(-c2cccc(Cl)c2)n1. The highest BCUT2D eigenvalue weighted by molar-refractivity contribution is 7.15. The van der Waals surface area contributed by atoms with Gasteiger partial charge in [-0.1, -0.05) is 29.0 Å². The molecule has 0 bridgehead atoms. The maximum absolute atomic E-state index is 12.6. The van der Waals surface area contributed by atoms with Gasteiger partial charge in [0.2, 0.25) is 5.13 Å². The van der Waals surface area contributed by atoms with Crippen LogP contribution in [0.2, 0.25) is 5.02 Å². The Bertz CT molecular complexity index is 1130. The van der Waals surface area contributed by atoms with E-state index in [0.29, 0.717) is 33.5 Å². The van der Waals surface area contributed by atoms with E-state index in [0.717, 1.165) is 0 Å². The van der Waals surface area contributed by atoms with Crippen molar-refractivity contribution in [1.29, 1.82) is 0 Å². The van der Waals surface area contributed by atoms with Crippen molar-refractivity contribution in [3.05, 3.63) is 64.5 Å². The molecule has 4 rings (SSSR count). The van der Waals surface area contributed by atoms with Crippen LogP contribution in [0.4, 0.5) is 13.9 Å². The van der Waals surface area contributed by atoms with Crippen molar-refractivity contribution >= 4 is 34.0 Å².